The molecule has 1 unspecified atom stereocenters. The molecule has 0 spiro atoms. The zero-order valence-corrected chi connectivity index (χ0v) is 21.5. The molecule has 1 saturated heterocycles. The van der Waals surface area contributed by atoms with E-state index in [0.717, 1.165) is 14.8 Å². The maximum Gasteiger partial charge on any atom is 0.252 e. The Morgan fingerprint density at radius 2 is 1.68 bits per heavy atom. The highest BCUT2D eigenvalue weighted by atomic mass is 32.2. The van der Waals surface area contributed by atoms with Crippen molar-refractivity contribution in [1.29, 1.82) is 0 Å². The van der Waals surface area contributed by atoms with Gasteiger partial charge in [0, 0.05) is 19.2 Å². The van der Waals surface area contributed by atoms with Gasteiger partial charge in [0.05, 0.1) is 17.0 Å². The summed E-state index contributed by atoms with van der Waals surface area (Å²) in [5.41, 5.74) is 2.24. The SMILES string of the molecule is CC(=O)Nc1ccc(N2C(=O)CC(N(Cc3ccc4c(c3)OCO4)S(=O)(=O)c3ccc(C)cc3)C2=O)cc1. The minimum Gasteiger partial charge on any atom is -0.454 e. The second kappa shape index (κ2) is 9.92. The number of anilines is 2. The summed E-state index contributed by atoms with van der Waals surface area (Å²) in [7, 11) is -4.18. The maximum atomic E-state index is 13.9. The molecule has 1 fully saturated rings. The summed E-state index contributed by atoms with van der Waals surface area (Å²) in [5.74, 6) is -0.417. The molecular formula is C27H25N3O7S. The fourth-order valence-corrected chi connectivity index (χ4v) is 6.01. The van der Waals surface area contributed by atoms with E-state index in [-0.39, 0.29) is 36.2 Å². The molecule has 2 aliphatic rings. The van der Waals surface area contributed by atoms with E-state index < -0.39 is 27.9 Å². The van der Waals surface area contributed by atoms with Crippen molar-refractivity contribution in [3.63, 3.8) is 0 Å². The molecule has 196 valence electrons. The first-order valence-electron chi connectivity index (χ1n) is 11.8. The molecule has 0 aliphatic carbocycles. The molecule has 0 aromatic heterocycles. The van der Waals surface area contributed by atoms with Gasteiger partial charge in [0.25, 0.3) is 5.91 Å². The highest BCUT2D eigenvalue weighted by Crippen LogP contribution is 2.35. The topological polar surface area (TPSA) is 122 Å². The van der Waals surface area contributed by atoms with Gasteiger partial charge in [0.15, 0.2) is 11.5 Å². The van der Waals surface area contributed by atoms with E-state index in [1.54, 1.807) is 42.5 Å². The lowest BCUT2D eigenvalue weighted by molar-refractivity contribution is -0.122. The summed E-state index contributed by atoms with van der Waals surface area (Å²) in [5, 5.41) is 2.63. The number of nitrogens with one attached hydrogen (secondary N) is 1. The van der Waals surface area contributed by atoms with Crippen LogP contribution in [0.3, 0.4) is 0 Å². The molecule has 3 aromatic rings. The molecule has 0 bridgehead atoms. The number of fused-ring (bicyclic) bond motifs is 1. The van der Waals surface area contributed by atoms with Crippen LogP contribution in [0.15, 0.2) is 71.6 Å². The van der Waals surface area contributed by atoms with Crippen molar-refractivity contribution < 1.29 is 32.3 Å². The van der Waals surface area contributed by atoms with Gasteiger partial charge in [-0.05, 0) is 61.0 Å². The van der Waals surface area contributed by atoms with Gasteiger partial charge >= 0.3 is 0 Å². The highest BCUT2D eigenvalue weighted by Gasteiger charge is 2.47. The number of sulfonamides is 1. The molecule has 10 nitrogen and oxygen atoms in total. The normalized spacial score (nSPS) is 16.8. The average molecular weight is 536 g/mol. The quantitative estimate of drug-likeness (QED) is 0.461. The lowest BCUT2D eigenvalue weighted by Crippen LogP contribution is -2.45. The molecule has 3 aromatic carbocycles. The smallest absolute Gasteiger partial charge is 0.252 e. The Labute approximate surface area is 219 Å². The average Bonchev–Trinajstić information content (AvgIpc) is 3.46. The minimum absolute atomic E-state index is 0.0159. The number of carbonyl (C=O) groups excluding carboxylic acids is 3. The van der Waals surface area contributed by atoms with E-state index in [1.165, 1.54) is 31.2 Å². The van der Waals surface area contributed by atoms with Crippen LogP contribution in [0.5, 0.6) is 11.5 Å². The van der Waals surface area contributed by atoms with Gasteiger partial charge in [-0.15, -0.1) is 0 Å². The maximum absolute atomic E-state index is 13.9. The van der Waals surface area contributed by atoms with Crippen LogP contribution in [0.25, 0.3) is 0 Å². The van der Waals surface area contributed by atoms with E-state index >= 15 is 0 Å². The molecule has 3 amide bonds. The Balaban J connectivity index is 1.50. The summed E-state index contributed by atoms with van der Waals surface area (Å²) in [6.07, 6.45) is -0.318. The lowest BCUT2D eigenvalue weighted by atomic mass is 10.1. The van der Waals surface area contributed by atoms with Crippen molar-refractivity contribution in [2.75, 3.05) is 17.0 Å². The number of hydrogen-bond donors (Lipinski definition) is 1. The van der Waals surface area contributed by atoms with Crippen molar-refractivity contribution in [3.05, 3.63) is 77.9 Å². The van der Waals surface area contributed by atoms with Crippen LogP contribution < -0.4 is 19.7 Å². The molecule has 0 radical (unpaired) electrons. The Bertz CT molecular complexity index is 1520. The van der Waals surface area contributed by atoms with Crippen LogP contribution >= 0.6 is 0 Å². The number of nitrogens with zero attached hydrogens (tertiary/aromatic N) is 2. The van der Waals surface area contributed by atoms with Crippen molar-refractivity contribution in [2.45, 2.75) is 37.8 Å². The monoisotopic (exact) mass is 535 g/mol. The van der Waals surface area contributed by atoms with E-state index in [0.29, 0.717) is 22.7 Å². The fraction of sp³-hybridized carbons (Fsp3) is 0.222. The first-order valence-corrected chi connectivity index (χ1v) is 13.3. The Kier molecular flexibility index (Phi) is 6.64. The Morgan fingerprint density at radius 1 is 1.00 bits per heavy atom. The zero-order valence-electron chi connectivity index (χ0n) is 20.7. The summed E-state index contributed by atoms with van der Waals surface area (Å²) in [4.78, 5) is 39.0. The lowest BCUT2D eigenvalue weighted by Gasteiger charge is -2.27. The van der Waals surface area contributed by atoms with E-state index in [1.807, 2.05) is 6.92 Å². The van der Waals surface area contributed by atoms with E-state index in [2.05, 4.69) is 5.32 Å². The third-order valence-corrected chi connectivity index (χ3v) is 8.19. The van der Waals surface area contributed by atoms with Gasteiger partial charge in [-0.2, -0.15) is 4.31 Å². The number of amides is 3. The van der Waals surface area contributed by atoms with Gasteiger partial charge in [-0.25, -0.2) is 13.3 Å². The molecule has 1 atom stereocenters. The largest absolute Gasteiger partial charge is 0.454 e. The minimum atomic E-state index is -4.18. The zero-order chi connectivity index (χ0) is 27.0. The van der Waals surface area contributed by atoms with Crippen LogP contribution in [0.4, 0.5) is 11.4 Å². The van der Waals surface area contributed by atoms with E-state index in [9.17, 15) is 22.8 Å². The van der Waals surface area contributed by atoms with E-state index in [4.69, 9.17) is 9.47 Å². The first-order chi connectivity index (χ1) is 18.1. The summed E-state index contributed by atoms with van der Waals surface area (Å²) < 4.78 is 39.6. The predicted octanol–water partition coefficient (Wildman–Crippen LogP) is 3.21. The number of aryl methyl sites for hydroxylation is 1. The molecule has 2 aliphatic heterocycles. The van der Waals surface area contributed by atoms with Crippen LogP contribution in [-0.4, -0.2) is 43.3 Å². The first kappa shape index (κ1) is 25.4. The van der Waals surface area contributed by atoms with Crippen LogP contribution in [-0.2, 0) is 31.0 Å². The number of ether oxygens (including phenoxy) is 2. The van der Waals surface area contributed by atoms with Crippen molar-refractivity contribution in [2.24, 2.45) is 0 Å². The molecule has 5 rings (SSSR count). The number of hydrogen-bond acceptors (Lipinski definition) is 7. The summed E-state index contributed by atoms with van der Waals surface area (Å²) in [6, 6.07) is 16.3. The van der Waals surface area contributed by atoms with Crippen molar-refractivity contribution in [3.8, 4) is 11.5 Å². The van der Waals surface area contributed by atoms with Gasteiger partial charge in [-0.1, -0.05) is 23.8 Å². The second-order valence-corrected chi connectivity index (χ2v) is 11.0. The third kappa shape index (κ3) is 4.85. The van der Waals surface area contributed by atoms with Crippen molar-refractivity contribution in [1.82, 2.24) is 4.31 Å². The highest BCUT2D eigenvalue weighted by molar-refractivity contribution is 7.89. The molecule has 38 heavy (non-hydrogen) atoms. The van der Waals surface area contributed by atoms with Gasteiger partial charge in [0.1, 0.15) is 6.04 Å². The van der Waals surface area contributed by atoms with Crippen LogP contribution in [0.2, 0.25) is 0 Å². The van der Waals surface area contributed by atoms with Crippen molar-refractivity contribution >= 4 is 39.1 Å². The van der Waals surface area contributed by atoms with Gasteiger partial charge < -0.3 is 14.8 Å². The molecule has 1 N–H and O–H groups in total. The Hall–Kier alpha value is -4.22. The summed E-state index contributed by atoms with van der Waals surface area (Å²) >= 11 is 0. The van der Waals surface area contributed by atoms with Gasteiger partial charge in [0.2, 0.25) is 28.6 Å². The summed E-state index contributed by atoms with van der Waals surface area (Å²) in [6.45, 7) is 3.12. The second-order valence-electron chi connectivity index (χ2n) is 9.07. The third-order valence-electron chi connectivity index (χ3n) is 6.32. The molecular weight excluding hydrogens is 510 g/mol. The molecule has 2 heterocycles. The number of benzene rings is 3. The van der Waals surface area contributed by atoms with Gasteiger partial charge in [-0.3, -0.25) is 14.4 Å². The van der Waals surface area contributed by atoms with Crippen LogP contribution in [0.1, 0.15) is 24.5 Å². The molecule has 11 heteroatoms. The number of rotatable bonds is 7. The van der Waals surface area contributed by atoms with Crippen LogP contribution in [0, 0.1) is 6.92 Å². The number of carbonyl (C=O) groups is 3. The molecule has 0 saturated carbocycles. The fourth-order valence-electron chi connectivity index (χ4n) is 4.44. The standard InChI is InChI=1S/C27H25N3O7S/c1-17-3-10-22(11-4-17)38(34,35)29(15-19-5-12-24-25(13-19)37-16-36-24)23-14-26(32)30(27(23)33)21-8-6-20(7-9-21)28-18(2)31/h3-13,23H,14-16H2,1-2H3,(H,28,31). The number of imide groups is 1. The Morgan fingerprint density at radius 3 is 2.37 bits per heavy atom. The predicted molar refractivity (Wildman–Crippen MR) is 138 cm³/mol.